The minimum absolute atomic E-state index is 0. The Balaban J connectivity index is 0.000000192. The van der Waals surface area contributed by atoms with Crippen molar-refractivity contribution in [3.05, 3.63) is 176 Å². The Morgan fingerprint density at radius 1 is 0.588 bits per heavy atom. The van der Waals surface area contributed by atoms with Crippen LogP contribution >= 0.6 is 23.2 Å². The zero-order valence-corrected chi connectivity index (χ0v) is 57.1. The SMILES string of the molecule is C.C.C[C@]1(c2ccc(Cl)cc2F)Oc2cccc(C3CCN(Cc4nc5ccc(C(=O)O)cc5n4C[C@@H]4CCO4)CC3)c2O1.C[C@]1(c2ccc(Cl)cc2F)Oc2cccc(C3CCN(Cc4nc5ccc(C(=O)[O-])cc5n4C[C@@H]4CCO4)CC3)c2O1.NC(CO)(CO)CO.[NH3+]C(CO)(CO)CO. The molecule has 0 spiro atoms. The van der Waals surface area contributed by atoms with Gasteiger partial charge in [-0.25, -0.2) is 23.5 Å². The first-order valence-electron chi connectivity index (χ1n) is 33.2. The van der Waals surface area contributed by atoms with E-state index in [0.717, 1.165) is 123 Å². The third-order valence-electron chi connectivity index (χ3n) is 19.3. The van der Waals surface area contributed by atoms with E-state index in [1.807, 2.05) is 24.3 Å². The molecule has 8 heterocycles. The van der Waals surface area contributed by atoms with Crippen LogP contribution < -0.4 is 35.5 Å². The Hall–Kier alpha value is -7.64. The van der Waals surface area contributed by atoms with Crippen molar-refractivity contribution in [2.75, 3.05) is 79.0 Å². The summed E-state index contributed by atoms with van der Waals surface area (Å²) in [5, 5.41) is 71.9. The second-order valence-corrected chi connectivity index (χ2v) is 27.5. The Morgan fingerprint density at radius 3 is 1.30 bits per heavy atom. The lowest BCUT2D eigenvalue weighted by molar-refractivity contribution is -0.494. The van der Waals surface area contributed by atoms with Crippen LogP contribution in [0.2, 0.25) is 10.0 Å². The van der Waals surface area contributed by atoms with E-state index < -0.39 is 66.0 Å². The maximum Gasteiger partial charge on any atom is 0.335 e. The average Bonchev–Trinajstić information content (AvgIpc) is 1.62. The number of hydrogen-bond acceptors (Lipinski definition) is 20. The molecule has 4 saturated heterocycles. The number of nitrogens with zero attached hydrogens (tertiary/aromatic N) is 6. The summed E-state index contributed by atoms with van der Waals surface area (Å²) < 4.78 is 70.3. The number of rotatable bonds is 20. The van der Waals surface area contributed by atoms with Crippen LogP contribution in [0.25, 0.3) is 22.1 Å². The van der Waals surface area contributed by atoms with Gasteiger partial charge in [-0.15, -0.1) is 0 Å². The summed E-state index contributed by atoms with van der Waals surface area (Å²) in [6.45, 7) is 8.91. The Bertz CT molecular complexity index is 3930. The van der Waals surface area contributed by atoms with E-state index in [2.05, 4.69) is 36.8 Å². The van der Waals surface area contributed by atoms with Gasteiger partial charge in [0.15, 0.2) is 28.5 Å². The van der Waals surface area contributed by atoms with Gasteiger partial charge in [0.1, 0.15) is 43.1 Å². The topological polar surface area (TPSA) is 350 Å². The number of carboxylic acids is 2. The van der Waals surface area contributed by atoms with Crippen LogP contribution in [0.5, 0.6) is 23.0 Å². The summed E-state index contributed by atoms with van der Waals surface area (Å²) in [5.41, 5.74) is 12.6. The highest BCUT2D eigenvalue weighted by atomic mass is 35.5. The second kappa shape index (κ2) is 33.4. The van der Waals surface area contributed by atoms with E-state index in [0.29, 0.717) is 70.3 Å². The van der Waals surface area contributed by atoms with E-state index in [1.165, 1.54) is 12.1 Å². The fraction of sp³-hybridized carbons (Fsp3) is 0.459. The normalized spacial score (nSPS) is 20.3. The number of carboxylic acid groups (broad SMARTS) is 2. The number of para-hydroxylation sites is 2. The van der Waals surface area contributed by atoms with Gasteiger partial charge < -0.3 is 94.7 Å². The van der Waals surface area contributed by atoms with Crippen LogP contribution in [-0.4, -0.2) is 179 Å². The molecule has 0 radical (unpaired) electrons. The maximum absolute atomic E-state index is 14.8. The molecular weight excluding hydrogens is 1370 g/mol. The smallest absolute Gasteiger partial charge is 0.335 e. The molecule has 6 aromatic carbocycles. The van der Waals surface area contributed by atoms with Gasteiger partial charge in [0.2, 0.25) is 0 Å². The van der Waals surface area contributed by atoms with Crippen LogP contribution in [0.15, 0.2) is 109 Å². The Labute approximate surface area is 600 Å². The largest absolute Gasteiger partial charge is 0.545 e. The van der Waals surface area contributed by atoms with Gasteiger partial charge in [0, 0.05) is 48.2 Å². The molecule has 8 aromatic rings. The van der Waals surface area contributed by atoms with Gasteiger partial charge >= 0.3 is 5.97 Å². The zero-order valence-electron chi connectivity index (χ0n) is 55.5. The summed E-state index contributed by atoms with van der Waals surface area (Å²) in [7, 11) is 0. The number of aromatic nitrogens is 4. The number of benzene rings is 6. The summed E-state index contributed by atoms with van der Waals surface area (Å²) >= 11 is 11.9. The molecule has 14 rings (SSSR count). The predicted octanol–water partition coefficient (Wildman–Crippen LogP) is 7.22. The van der Waals surface area contributed by atoms with E-state index in [4.69, 9.17) is 98.0 Å². The molecule has 0 aliphatic carbocycles. The number of carbonyl (C=O) groups excluding carboxylic acids is 1. The maximum atomic E-state index is 14.8. The number of carbonyl (C=O) groups is 2. The van der Waals surface area contributed by atoms with Gasteiger partial charge in [-0.3, -0.25) is 9.80 Å². The van der Waals surface area contributed by atoms with E-state index in [-0.39, 0.29) is 69.8 Å². The minimum atomic E-state index is -1.28. The van der Waals surface area contributed by atoms with E-state index in [9.17, 15) is 28.6 Å². The molecule has 4 fully saturated rings. The zero-order chi connectivity index (χ0) is 71.3. The monoisotopic (exact) mass is 1460 g/mol. The highest BCUT2D eigenvalue weighted by Crippen LogP contribution is 2.52. The summed E-state index contributed by atoms with van der Waals surface area (Å²) in [4.78, 5) is 37.7. The lowest BCUT2D eigenvalue weighted by Crippen LogP contribution is -2.78. The highest BCUT2D eigenvalue weighted by molar-refractivity contribution is 6.30. The second-order valence-electron chi connectivity index (χ2n) is 26.6. The summed E-state index contributed by atoms with van der Waals surface area (Å²) in [5.74, 6) is -0.778. The molecule has 0 unspecified atom stereocenters. The number of nitrogens with two attached hydrogens (primary N) is 1. The number of hydrogen-bond donors (Lipinski definition) is 9. The van der Waals surface area contributed by atoms with Gasteiger partial charge in [0.05, 0.1) is 108 Å². The number of imidazole rings is 2. The molecule has 6 aliphatic rings. The van der Waals surface area contributed by atoms with Gasteiger partial charge in [-0.1, -0.05) is 68.4 Å². The molecule has 2 aromatic heterocycles. The molecule has 24 nitrogen and oxygen atoms in total. The third-order valence-corrected chi connectivity index (χ3v) is 19.8. The van der Waals surface area contributed by atoms with Crippen molar-refractivity contribution in [2.45, 2.75) is 140 Å². The number of aliphatic hydroxyl groups is 6. The van der Waals surface area contributed by atoms with Crippen molar-refractivity contribution >= 4 is 57.2 Å². The van der Waals surface area contributed by atoms with Crippen molar-refractivity contribution in [1.29, 1.82) is 0 Å². The molecule has 6 aliphatic heterocycles. The van der Waals surface area contributed by atoms with Crippen LogP contribution in [0.4, 0.5) is 8.78 Å². The summed E-state index contributed by atoms with van der Waals surface area (Å²) in [6.07, 6.45) is 5.84. The number of aromatic carboxylic acids is 2. The quantitative estimate of drug-likeness (QED) is 0.0363. The number of ether oxygens (including phenoxy) is 6. The number of quaternary nitrogens is 1. The van der Waals surface area contributed by atoms with Crippen LogP contribution in [0.3, 0.4) is 0 Å². The molecular formula is C74H92Cl2F2N8O16. The standard InChI is InChI=1S/2C32H31ClFN3O5.2C4H11NO3.2CH4/c2*1-32(24-7-6-21(33)16-25(24)34)41-28-4-2-3-23(30(28)42-32)19-9-12-36(13-10-19)18-29-35-26-8-5-20(31(38)39)15-27(26)37(29)17-22-11-14-40-22;2*5-4(1-6,2-7)3-8;;/h2*2-8,15-16,19,22H,9-14,17-18H2,1H3,(H,38,39);2*6-8H,1-3,5H2;2*1H4/t2*22-,32-;;;;/m00..../s1. The first-order chi connectivity index (χ1) is 47.9. The van der Waals surface area contributed by atoms with Gasteiger partial charge in [0.25, 0.3) is 11.6 Å². The first-order valence-corrected chi connectivity index (χ1v) is 34.0. The molecule has 12 N–H and O–H groups in total. The lowest BCUT2D eigenvalue weighted by atomic mass is 9.88. The Morgan fingerprint density at radius 2 is 0.980 bits per heavy atom. The summed E-state index contributed by atoms with van der Waals surface area (Å²) in [6, 6.07) is 30.8. The molecule has 0 bridgehead atoms. The van der Waals surface area contributed by atoms with E-state index in [1.54, 1.807) is 74.5 Å². The number of fused-ring (bicyclic) bond motifs is 4. The number of piperidine rings is 2. The lowest BCUT2D eigenvalue weighted by Gasteiger charge is -2.33. The number of halogens is 4. The number of likely N-dealkylation sites (tertiary alicyclic amines) is 2. The van der Waals surface area contributed by atoms with Crippen molar-refractivity contribution in [3.63, 3.8) is 0 Å². The van der Waals surface area contributed by atoms with Crippen LogP contribution in [0, 0.1) is 11.6 Å². The van der Waals surface area contributed by atoms with E-state index >= 15 is 0 Å². The van der Waals surface area contributed by atoms with Crippen LogP contribution in [0.1, 0.15) is 134 Å². The van der Waals surface area contributed by atoms with Crippen LogP contribution in [-0.2, 0) is 47.2 Å². The molecule has 102 heavy (non-hydrogen) atoms. The van der Waals surface area contributed by atoms with Gasteiger partial charge in [-0.05, 0) is 161 Å². The Kier molecular flexibility index (Phi) is 25.7. The van der Waals surface area contributed by atoms with Crippen molar-refractivity contribution < 1.29 is 93.4 Å². The van der Waals surface area contributed by atoms with Crippen molar-refractivity contribution in [3.8, 4) is 23.0 Å². The fourth-order valence-electron chi connectivity index (χ4n) is 12.9. The molecule has 0 amide bonds. The number of aliphatic hydroxyl groups excluding tert-OH is 6. The fourth-order valence-corrected chi connectivity index (χ4v) is 13.2. The average molecular weight is 1460 g/mol. The van der Waals surface area contributed by atoms with Gasteiger partial charge in [-0.2, -0.15) is 0 Å². The molecule has 552 valence electrons. The first kappa shape index (κ1) is 78.5. The minimum Gasteiger partial charge on any atom is -0.545 e. The molecule has 28 heteroatoms. The third kappa shape index (κ3) is 17.4. The highest BCUT2D eigenvalue weighted by Gasteiger charge is 2.45. The predicted molar refractivity (Wildman–Crippen MR) is 375 cm³/mol. The molecule has 4 atom stereocenters. The molecule has 0 saturated carbocycles. The van der Waals surface area contributed by atoms with Crippen molar-refractivity contribution in [1.82, 2.24) is 28.9 Å². The van der Waals surface area contributed by atoms with Crippen molar-refractivity contribution in [2.24, 2.45) is 5.73 Å².